The number of aliphatic carboxylic acids is 1. The van der Waals surface area contributed by atoms with Gasteiger partial charge in [0.15, 0.2) is 0 Å². The van der Waals surface area contributed by atoms with Crippen molar-refractivity contribution in [3.63, 3.8) is 0 Å². The number of sulfonamides is 1. The van der Waals surface area contributed by atoms with Gasteiger partial charge in [0.2, 0.25) is 10.0 Å². The van der Waals surface area contributed by atoms with Crippen molar-refractivity contribution in [1.82, 2.24) is 0 Å². The lowest BCUT2D eigenvalue weighted by Gasteiger charge is -2.18. The van der Waals surface area contributed by atoms with Gasteiger partial charge in [0.05, 0.1) is 5.75 Å². The van der Waals surface area contributed by atoms with E-state index < -0.39 is 16.0 Å². The second-order valence-corrected chi connectivity index (χ2v) is 7.44. The zero-order chi connectivity index (χ0) is 15.4. The molecular weight excluding hydrogens is 278 g/mol. The van der Waals surface area contributed by atoms with Crippen LogP contribution in [-0.2, 0) is 14.8 Å². The summed E-state index contributed by atoms with van der Waals surface area (Å²) in [7, 11) is -3.39. The van der Waals surface area contributed by atoms with Gasteiger partial charge in [-0.2, -0.15) is 0 Å². The average molecular weight is 297 g/mol. The lowest BCUT2D eigenvalue weighted by atomic mass is 10.0. The van der Waals surface area contributed by atoms with Crippen molar-refractivity contribution in [2.24, 2.45) is 5.41 Å². The van der Waals surface area contributed by atoms with Crippen LogP contribution in [0.25, 0.3) is 6.08 Å². The molecule has 5 nitrogen and oxygen atoms in total. The van der Waals surface area contributed by atoms with Crippen LogP contribution < -0.4 is 4.72 Å². The summed E-state index contributed by atoms with van der Waals surface area (Å²) in [6.45, 7) is 5.56. The van der Waals surface area contributed by atoms with Crippen LogP contribution in [0.2, 0.25) is 0 Å². The van der Waals surface area contributed by atoms with Crippen molar-refractivity contribution >= 4 is 27.8 Å². The molecule has 1 aromatic rings. The molecule has 0 bridgehead atoms. The van der Waals surface area contributed by atoms with E-state index in [-0.39, 0.29) is 11.2 Å². The number of hydrogen-bond donors (Lipinski definition) is 2. The number of hydrogen-bond acceptors (Lipinski definition) is 3. The van der Waals surface area contributed by atoms with Crippen molar-refractivity contribution in [3.8, 4) is 0 Å². The summed E-state index contributed by atoms with van der Waals surface area (Å²) >= 11 is 0. The fourth-order valence-corrected chi connectivity index (χ4v) is 3.32. The van der Waals surface area contributed by atoms with Gasteiger partial charge in [-0.05, 0) is 29.2 Å². The normalized spacial score (nSPS) is 12.6. The van der Waals surface area contributed by atoms with E-state index >= 15 is 0 Å². The SMILES string of the molecule is CC(C)(C)CS(=O)(=O)Nc1ccc(C=CC(=O)O)cc1. The first-order valence-electron chi connectivity index (χ1n) is 6.09. The molecule has 0 radical (unpaired) electrons. The van der Waals surface area contributed by atoms with E-state index in [9.17, 15) is 13.2 Å². The molecule has 0 aliphatic rings. The minimum atomic E-state index is -3.39. The molecule has 0 spiro atoms. The van der Waals surface area contributed by atoms with Crippen LogP contribution in [0.15, 0.2) is 30.3 Å². The van der Waals surface area contributed by atoms with Gasteiger partial charge in [-0.1, -0.05) is 32.9 Å². The highest BCUT2D eigenvalue weighted by atomic mass is 32.2. The van der Waals surface area contributed by atoms with Crippen molar-refractivity contribution in [3.05, 3.63) is 35.9 Å². The fraction of sp³-hybridized carbons (Fsp3) is 0.357. The Bertz CT molecular complexity index is 595. The molecule has 0 aliphatic heterocycles. The Morgan fingerprint density at radius 3 is 2.25 bits per heavy atom. The molecule has 0 fully saturated rings. The van der Waals surface area contributed by atoms with Crippen LogP contribution in [0.3, 0.4) is 0 Å². The largest absolute Gasteiger partial charge is 0.478 e. The summed E-state index contributed by atoms with van der Waals surface area (Å²) in [6, 6.07) is 6.49. The lowest BCUT2D eigenvalue weighted by Crippen LogP contribution is -2.26. The van der Waals surface area contributed by atoms with Crippen LogP contribution in [0, 0.1) is 5.41 Å². The van der Waals surface area contributed by atoms with Crippen LogP contribution >= 0.6 is 0 Å². The Morgan fingerprint density at radius 1 is 1.25 bits per heavy atom. The van der Waals surface area contributed by atoms with Crippen molar-refractivity contribution < 1.29 is 18.3 Å². The highest BCUT2D eigenvalue weighted by Crippen LogP contribution is 2.19. The Hall–Kier alpha value is -1.82. The maximum Gasteiger partial charge on any atom is 0.328 e. The summed E-state index contributed by atoms with van der Waals surface area (Å²) in [4.78, 5) is 10.4. The van der Waals surface area contributed by atoms with Gasteiger partial charge >= 0.3 is 5.97 Å². The third kappa shape index (κ3) is 6.38. The summed E-state index contributed by atoms with van der Waals surface area (Å²) in [6.07, 6.45) is 2.47. The summed E-state index contributed by atoms with van der Waals surface area (Å²) in [5.41, 5.74) is 0.823. The Balaban J connectivity index is 2.78. The number of anilines is 1. The van der Waals surface area contributed by atoms with Crippen LogP contribution in [0.1, 0.15) is 26.3 Å². The number of rotatable bonds is 5. The van der Waals surface area contributed by atoms with E-state index in [0.29, 0.717) is 11.3 Å². The number of carboxylic acids is 1. The molecule has 0 aromatic heterocycles. The highest BCUT2D eigenvalue weighted by molar-refractivity contribution is 7.92. The van der Waals surface area contributed by atoms with Gasteiger partial charge < -0.3 is 5.11 Å². The Labute approximate surface area is 119 Å². The molecule has 1 rings (SSSR count). The number of carboxylic acid groups (broad SMARTS) is 1. The third-order valence-electron chi connectivity index (χ3n) is 2.23. The van der Waals surface area contributed by atoms with E-state index in [1.807, 2.05) is 20.8 Å². The predicted octanol–water partition coefficient (Wildman–Crippen LogP) is 2.57. The van der Waals surface area contributed by atoms with Gasteiger partial charge in [-0.25, -0.2) is 13.2 Å². The highest BCUT2D eigenvalue weighted by Gasteiger charge is 2.21. The van der Waals surface area contributed by atoms with E-state index in [1.54, 1.807) is 24.3 Å². The third-order valence-corrected chi connectivity index (χ3v) is 4.02. The monoisotopic (exact) mass is 297 g/mol. The minimum Gasteiger partial charge on any atom is -0.478 e. The summed E-state index contributed by atoms with van der Waals surface area (Å²) in [5.74, 6) is -0.999. The number of benzene rings is 1. The fourth-order valence-electron chi connectivity index (χ4n) is 1.62. The van der Waals surface area contributed by atoms with Crippen LogP contribution in [0.4, 0.5) is 5.69 Å². The van der Waals surface area contributed by atoms with Crippen LogP contribution in [-0.4, -0.2) is 25.2 Å². The standard InChI is InChI=1S/C14H19NO4S/c1-14(2,3)10-20(18,19)15-12-7-4-11(5-8-12)6-9-13(16)17/h4-9,15H,10H2,1-3H3,(H,16,17). The average Bonchev–Trinajstić information content (AvgIpc) is 2.24. The molecule has 110 valence electrons. The molecule has 20 heavy (non-hydrogen) atoms. The van der Waals surface area contributed by atoms with Gasteiger partial charge in [0.25, 0.3) is 0 Å². The quantitative estimate of drug-likeness (QED) is 0.818. The number of nitrogens with one attached hydrogen (secondary N) is 1. The molecule has 0 amide bonds. The molecule has 0 aliphatic carbocycles. The molecule has 0 saturated heterocycles. The smallest absolute Gasteiger partial charge is 0.328 e. The zero-order valence-electron chi connectivity index (χ0n) is 11.8. The van der Waals surface area contributed by atoms with Crippen LogP contribution in [0.5, 0.6) is 0 Å². The van der Waals surface area contributed by atoms with Gasteiger partial charge in [-0.15, -0.1) is 0 Å². The first-order chi connectivity index (χ1) is 9.07. The second kappa shape index (κ2) is 6.09. The molecule has 0 heterocycles. The lowest BCUT2D eigenvalue weighted by molar-refractivity contribution is -0.131. The van der Waals surface area contributed by atoms with E-state index in [2.05, 4.69) is 4.72 Å². The number of carbonyl (C=O) groups is 1. The second-order valence-electron chi connectivity index (χ2n) is 5.72. The molecule has 1 aromatic carbocycles. The van der Waals surface area contributed by atoms with Crippen molar-refractivity contribution in [2.45, 2.75) is 20.8 Å². The van der Waals surface area contributed by atoms with Crippen molar-refractivity contribution in [2.75, 3.05) is 10.5 Å². The molecule has 2 N–H and O–H groups in total. The molecule has 6 heteroatoms. The first-order valence-corrected chi connectivity index (χ1v) is 7.74. The van der Waals surface area contributed by atoms with Gasteiger partial charge in [0, 0.05) is 11.8 Å². The molecular formula is C14H19NO4S. The minimum absolute atomic E-state index is 0.0284. The summed E-state index contributed by atoms with van der Waals surface area (Å²) in [5, 5.41) is 8.51. The predicted molar refractivity (Wildman–Crippen MR) is 80.0 cm³/mol. The van der Waals surface area contributed by atoms with Crippen molar-refractivity contribution in [1.29, 1.82) is 0 Å². The molecule has 0 atom stereocenters. The Kier molecular flexibility index (Phi) is 4.94. The van der Waals surface area contributed by atoms with Gasteiger partial charge in [0.1, 0.15) is 0 Å². The topological polar surface area (TPSA) is 83.5 Å². The van der Waals surface area contributed by atoms with E-state index in [0.717, 1.165) is 6.08 Å². The zero-order valence-corrected chi connectivity index (χ0v) is 12.6. The maximum absolute atomic E-state index is 11.9. The van der Waals surface area contributed by atoms with E-state index in [4.69, 9.17) is 5.11 Å². The Morgan fingerprint density at radius 2 is 1.80 bits per heavy atom. The molecule has 0 saturated carbocycles. The maximum atomic E-state index is 11.9. The van der Waals surface area contributed by atoms with E-state index in [1.165, 1.54) is 6.08 Å². The molecule has 0 unspecified atom stereocenters. The first kappa shape index (κ1) is 16.2. The van der Waals surface area contributed by atoms with Gasteiger partial charge in [-0.3, -0.25) is 4.72 Å². The summed E-state index contributed by atoms with van der Waals surface area (Å²) < 4.78 is 26.3.